The smallest absolute Gasteiger partial charge is 0.241 e. The normalized spacial score (nSPS) is 12.2. The highest BCUT2D eigenvalue weighted by atomic mass is 32.2. The largest absolute Gasteiger partial charge is 0.392 e. The van der Waals surface area contributed by atoms with Gasteiger partial charge in [-0.3, -0.25) is 4.79 Å². The van der Waals surface area contributed by atoms with Crippen LogP contribution < -0.4 is 11.1 Å². The molecule has 0 spiro atoms. The summed E-state index contributed by atoms with van der Waals surface area (Å²) in [6, 6.07) is 6.57. The molecule has 0 aliphatic heterocycles. The molecule has 0 aromatic heterocycles. The lowest BCUT2D eigenvalue weighted by atomic mass is 10.2. The van der Waals surface area contributed by atoms with Crippen LogP contribution in [0.1, 0.15) is 12.0 Å². The number of amides is 1. The number of anilines is 1. The van der Waals surface area contributed by atoms with E-state index in [0.717, 1.165) is 11.3 Å². The number of carbonyl (C=O) groups excluding carboxylic acids is 1. The van der Waals surface area contributed by atoms with Crippen LogP contribution in [0.15, 0.2) is 24.3 Å². The lowest BCUT2D eigenvalue weighted by Crippen LogP contribution is -2.36. The maximum absolute atomic E-state index is 11.7. The Balaban J connectivity index is 2.49. The number of carbonyl (C=O) groups is 1. The maximum atomic E-state index is 11.7. The van der Waals surface area contributed by atoms with Gasteiger partial charge in [-0.15, -0.1) is 0 Å². The van der Waals surface area contributed by atoms with Crippen molar-refractivity contribution in [2.24, 2.45) is 5.73 Å². The Morgan fingerprint density at radius 2 is 2.12 bits per heavy atom. The Bertz CT molecular complexity index is 354. The fourth-order valence-electron chi connectivity index (χ4n) is 1.30. The number of aliphatic hydroxyl groups excluding tert-OH is 1. The van der Waals surface area contributed by atoms with Crippen molar-refractivity contribution in [1.29, 1.82) is 0 Å². The van der Waals surface area contributed by atoms with E-state index in [4.69, 9.17) is 10.8 Å². The van der Waals surface area contributed by atoms with Crippen LogP contribution >= 0.6 is 11.8 Å². The number of benzene rings is 1. The van der Waals surface area contributed by atoms with E-state index < -0.39 is 6.04 Å². The van der Waals surface area contributed by atoms with Crippen LogP contribution in [-0.2, 0) is 11.4 Å². The van der Waals surface area contributed by atoms with Crippen molar-refractivity contribution in [2.45, 2.75) is 19.1 Å². The molecule has 0 radical (unpaired) electrons. The van der Waals surface area contributed by atoms with E-state index in [1.165, 1.54) is 0 Å². The first-order valence-electron chi connectivity index (χ1n) is 5.42. The van der Waals surface area contributed by atoms with Gasteiger partial charge >= 0.3 is 0 Å². The number of nitrogens with one attached hydrogen (secondary N) is 1. The topological polar surface area (TPSA) is 75.4 Å². The fourth-order valence-corrected chi connectivity index (χ4v) is 1.79. The first-order chi connectivity index (χ1) is 8.17. The molecule has 94 valence electrons. The molecule has 4 nitrogen and oxygen atoms in total. The van der Waals surface area contributed by atoms with Gasteiger partial charge in [0, 0.05) is 5.69 Å². The number of hydrogen-bond donors (Lipinski definition) is 3. The molecule has 0 aliphatic rings. The predicted molar refractivity (Wildman–Crippen MR) is 72.0 cm³/mol. The summed E-state index contributed by atoms with van der Waals surface area (Å²) in [6.45, 7) is 0.00145. The standard InChI is InChI=1S/C12H18N2O2S/c1-17-7-6-11(13)12(16)14-10-4-2-9(8-15)3-5-10/h2-5,11,15H,6-8,13H2,1H3,(H,14,16)/t11-/m1/s1. The van der Waals surface area contributed by atoms with E-state index in [2.05, 4.69) is 5.32 Å². The summed E-state index contributed by atoms with van der Waals surface area (Å²) < 4.78 is 0. The molecule has 0 heterocycles. The molecule has 0 aliphatic carbocycles. The van der Waals surface area contributed by atoms with E-state index in [1.807, 2.05) is 6.26 Å². The van der Waals surface area contributed by atoms with Crippen LogP contribution in [0.2, 0.25) is 0 Å². The average Bonchev–Trinajstić information content (AvgIpc) is 2.36. The molecule has 1 amide bonds. The third-order valence-corrected chi connectivity index (χ3v) is 3.02. The maximum Gasteiger partial charge on any atom is 0.241 e. The molecule has 17 heavy (non-hydrogen) atoms. The van der Waals surface area contributed by atoms with Crippen molar-refractivity contribution >= 4 is 23.4 Å². The second-order valence-electron chi connectivity index (χ2n) is 3.73. The van der Waals surface area contributed by atoms with Gasteiger partial charge in [0.25, 0.3) is 0 Å². The highest BCUT2D eigenvalue weighted by Gasteiger charge is 2.12. The third kappa shape index (κ3) is 4.77. The highest BCUT2D eigenvalue weighted by molar-refractivity contribution is 7.98. The van der Waals surface area contributed by atoms with Gasteiger partial charge in [-0.25, -0.2) is 0 Å². The number of aliphatic hydroxyl groups is 1. The lowest BCUT2D eigenvalue weighted by Gasteiger charge is -2.11. The van der Waals surface area contributed by atoms with Crippen LogP contribution in [0, 0.1) is 0 Å². The zero-order valence-corrected chi connectivity index (χ0v) is 10.7. The highest BCUT2D eigenvalue weighted by Crippen LogP contribution is 2.10. The summed E-state index contributed by atoms with van der Waals surface area (Å²) in [5.41, 5.74) is 7.26. The number of nitrogens with two attached hydrogens (primary N) is 1. The second kappa shape index (κ2) is 7.32. The minimum absolute atomic E-state index is 0.00145. The van der Waals surface area contributed by atoms with Gasteiger partial charge in [0.05, 0.1) is 12.6 Å². The van der Waals surface area contributed by atoms with Crippen LogP contribution in [0.4, 0.5) is 5.69 Å². The Morgan fingerprint density at radius 3 is 2.65 bits per heavy atom. The van der Waals surface area contributed by atoms with Gasteiger partial charge < -0.3 is 16.2 Å². The first-order valence-corrected chi connectivity index (χ1v) is 6.82. The molecular formula is C12H18N2O2S. The molecule has 1 atom stereocenters. The molecule has 0 fully saturated rings. The summed E-state index contributed by atoms with van der Waals surface area (Å²) in [6.07, 6.45) is 2.65. The van der Waals surface area contributed by atoms with Crippen LogP contribution in [0.3, 0.4) is 0 Å². The van der Waals surface area contributed by atoms with Gasteiger partial charge in [0.1, 0.15) is 0 Å². The Kier molecular flexibility index (Phi) is 6.04. The predicted octanol–water partition coefficient (Wildman–Crippen LogP) is 1.20. The van der Waals surface area contributed by atoms with E-state index in [9.17, 15) is 4.79 Å². The van der Waals surface area contributed by atoms with Crippen molar-refractivity contribution in [1.82, 2.24) is 0 Å². The van der Waals surface area contributed by atoms with Crippen molar-refractivity contribution < 1.29 is 9.90 Å². The summed E-state index contributed by atoms with van der Waals surface area (Å²) >= 11 is 1.67. The van der Waals surface area contributed by atoms with E-state index >= 15 is 0 Å². The molecule has 1 aromatic carbocycles. The van der Waals surface area contributed by atoms with E-state index in [-0.39, 0.29) is 12.5 Å². The Morgan fingerprint density at radius 1 is 1.47 bits per heavy atom. The summed E-state index contributed by atoms with van der Waals surface area (Å²) in [7, 11) is 0. The van der Waals surface area contributed by atoms with Gasteiger partial charge in [-0.1, -0.05) is 12.1 Å². The van der Waals surface area contributed by atoms with Gasteiger partial charge in [-0.05, 0) is 36.1 Å². The average molecular weight is 254 g/mol. The third-order valence-electron chi connectivity index (χ3n) is 2.37. The zero-order valence-electron chi connectivity index (χ0n) is 9.85. The SMILES string of the molecule is CSCC[C@@H](N)C(=O)Nc1ccc(CO)cc1. The zero-order chi connectivity index (χ0) is 12.7. The summed E-state index contributed by atoms with van der Waals surface area (Å²) in [5, 5.41) is 11.6. The van der Waals surface area contributed by atoms with Crippen molar-refractivity contribution in [3.63, 3.8) is 0 Å². The van der Waals surface area contributed by atoms with Gasteiger partial charge in [0.2, 0.25) is 5.91 Å². The number of thioether (sulfide) groups is 1. The van der Waals surface area contributed by atoms with Crippen molar-refractivity contribution in [3.8, 4) is 0 Å². The molecule has 0 unspecified atom stereocenters. The molecule has 4 N–H and O–H groups in total. The minimum Gasteiger partial charge on any atom is -0.392 e. The molecule has 0 bridgehead atoms. The molecule has 0 saturated carbocycles. The minimum atomic E-state index is -0.472. The van der Waals surface area contributed by atoms with Crippen molar-refractivity contribution in [2.75, 3.05) is 17.3 Å². The number of hydrogen-bond acceptors (Lipinski definition) is 4. The second-order valence-corrected chi connectivity index (χ2v) is 4.72. The van der Waals surface area contributed by atoms with Crippen LogP contribution in [0.25, 0.3) is 0 Å². The summed E-state index contributed by atoms with van der Waals surface area (Å²) in [5.74, 6) is 0.702. The van der Waals surface area contributed by atoms with E-state index in [0.29, 0.717) is 12.1 Å². The first kappa shape index (κ1) is 14.0. The van der Waals surface area contributed by atoms with Gasteiger partial charge in [0.15, 0.2) is 0 Å². The van der Waals surface area contributed by atoms with Crippen molar-refractivity contribution in [3.05, 3.63) is 29.8 Å². The monoisotopic (exact) mass is 254 g/mol. The lowest BCUT2D eigenvalue weighted by molar-refractivity contribution is -0.117. The van der Waals surface area contributed by atoms with E-state index in [1.54, 1.807) is 36.0 Å². The fraction of sp³-hybridized carbons (Fsp3) is 0.417. The molecule has 5 heteroatoms. The van der Waals surface area contributed by atoms with Gasteiger partial charge in [-0.2, -0.15) is 11.8 Å². The molecule has 0 saturated heterocycles. The molecular weight excluding hydrogens is 236 g/mol. The quantitative estimate of drug-likeness (QED) is 0.713. The Labute approximate surface area is 106 Å². The van der Waals surface area contributed by atoms with Crippen LogP contribution in [0.5, 0.6) is 0 Å². The number of rotatable bonds is 6. The molecule has 1 aromatic rings. The summed E-state index contributed by atoms with van der Waals surface area (Å²) in [4.78, 5) is 11.7. The Hall–Kier alpha value is -1.04. The molecule has 1 rings (SSSR count). The van der Waals surface area contributed by atoms with Crippen LogP contribution in [-0.4, -0.2) is 29.1 Å².